The third kappa shape index (κ3) is 3.46. The zero-order valence-corrected chi connectivity index (χ0v) is 18.4. The summed E-state index contributed by atoms with van der Waals surface area (Å²) in [7, 11) is -14.3. The molecule has 0 spiro atoms. The molecule has 0 aliphatic heterocycles. The monoisotopic (exact) mass is 499 g/mol. The molecule has 0 saturated carbocycles. The van der Waals surface area contributed by atoms with E-state index in [4.69, 9.17) is 9.88 Å². The third-order valence-corrected chi connectivity index (χ3v) is 7.60. The summed E-state index contributed by atoms with van der Waals surface area (Å²) in [6, 6.07) is 6.55. The lowest BCUT2D eigenvalue weighted by Gasteiger charge is -2.18. The number of nitrogens with two attached hydrogens (primary N) is 1. The molecule has 4 aromatic carbocycles. The van der Waals surface area contributed by atoms with E-state index in [9.17, 15) is 39.2 Å². The van der Waals surface area contributed by atoms with Gasteiger partial charge in [0.2, 0.25) is 10.0 Å². The van der Waals surface area contributed by atoms with Crippen LogP contribution < -0.4 is 9.88 Å². The van der Waals surface area contributed by atoms with Gasteiger partial charge in [0.05, 0.1) is 4.90 Å². The highest BCUT2D eigenvalue weighted by molar-refractivity contribution is 7.89. The van der Waals surface area contributed by atoms with Crippen LogP contribution in [0.15, 0.2) is 51.1 Å². The average Bonchev–Trinajstić information content (AvgIpc) is 2.63. The van der Waals surface area contributed by atoms with Crippen LogP contribution in [0.4, 0.5) is 0 Å². The van der Waals surface area contributed by atoms with Crippen molar-refractivity contribution < 1.29 is 43.9 Å². The van der Waals surface area contributed by atoms with Crippen molar-refractivity contribution in [3.8, 4) is 5.75 Å². The van der Waals surface area contributed by atoms with Gasteiger partial charge in [-0.25, -0.2) is 13.6 Å². The summed E-state index contributed by atoms with van der Waals surface area (Å²) in [6.07, 6.45) is 0. The van der Waals surface area contributed by atoms with Gasteiger partial charge >= 0.3 is 5.97 Å². The molecule has 0 amide bonds. The van der Waals surface area contributed by atoms with Crippen LogP contribution in [-0.4, -0.2) is 40.3 Å². The Balaban J connectivity index is 2.43. The molecular weight excluding hydrogens is 486 g/mol. The lowest BCUT2D eigenvalue weighted by molar-refractivity contribution is -0.131. The molecule has 0 aromatic heterocycles. The predicted molar refractivity (Wildman–Crippen MR) is 112 cm³/mol. The number of carbonyl (C=O) groups is 1. The summed E-state index contributed by atoms with van der Waals surface area (Å²) in [6.45, 7) is 1.06. The van der Waals surface area contributed by atoms with E-state index in [0.717, 1.165) is 19.1 Å². The highest BCUT2D eigenvalue weighted by Gasteiger charge is 2.28. The van der Waals surface area contributed by atoms with Gasteiger partial charge in [0.15, 0.2) is 0 Å². The maximum Gasteiger partial charge on any atom is 0.308 e. The SMILES string of the molecule is CC(=O)Oc1cc(S(=O)(=O)O)c2ccc3c(S(=O)(=O)O)cc(S(N)(=O)=O)c4ccc1c2c43. The number of sulfonamides is 1. The molecule has 32 heavy (non-hydrogen) atoms. The molecule has 0 unspecified atom stereocenters. The molecule has 14 heteroatoms. The second-order valence-electron chi connectivity index (χ2n) is 6.91. The van der Waals surface area contributed by atoms with E-state index in [1.807, 2.05) is 0 Å². The second kappa shape index (κ2) is 6.81. The van der Waals surface area contributed by atoms with Crippen LogP contribution in [0.25, 0.3) is 32.3 Å². The standard InChI is InChI=1S/C18H13NO10S3/c1-8(20)29-13-6-15(31(23,24)25)11-4-5-12-16(32(26,27)28)7-14(30(19,21)22)10-3-2-9(13)17(11)18(10)12/h2-7H,1H3,(H2,19,21,22)(H,23,24,25)(H,26,27,28). The summed E-state index contributed by atoms with van der Waals surface area (Å²) >= 11 is 0. The fourth-order valence-corrected chi connectivity index (χ4v) is 6.02. The molecule has 0 saturated heterocycles. The van der Waals surface area contributed by atoms with Crippen LogP contribution in [0, 0.1) is 0 Å². The van der Waals surface area contributed by atoms with Gasteiger partial charge in [-0.05, 0) is 12.1 Å². The Hall–Kier alpha value is -2.88. The summed E-state index contributed by atoms with van der Waals surface area (Å²) in [5.41, 5.74) is 0. The first-order valence-electron chi connectivity index (χ1n) is 8.55. The Labute approximate surface area is 181 Å². The van der Waals surface area contributed by atoms with Gasteiger partial charge in [-0.1, -0.05) is 18.2 Å². The quantitative estimate of drug-likeness (QED) is 0.161. The summed E-state index contributed by atoms with van der Waals surface area (Å²) in [4.78, 5) is 9.48. The van der Waals surface area contributed by atoms with Gasteiger partial charge in [0.1, 0.15) is 15.5 Å². The van der Waals surface area contributed by atoms with E-state index in [1.54, 1.807) is 0 Å². The zero-order valence-electron chi connectivity index (χ0n) is 15.9. The fraction of sp³-hybridized carbons (Fsp3) is 0.0556. The molecule has 0 radical (unpaired) electrons. The zero-order chi connectivity index (χ0) is 23.8. The fourth-order valence-electron chi connectivity index (χ4n) is 3.77. The molecular formula is C18H13NO10S3. The molecule has 0 heterocycles. The number of hydrogen-bond donors (Lipinski definition) is 3. The topological polar surface area (TPSA) is 195 Å². The molecule has 11 nitrogen and oxygen atoms in total. The van der Waals surface area contributed by atoms with Gasteiger partial charge in [0, 0.05) is 45.3 Å². The Morgan fingerprint density at radius 3 is 1.59 bits per heavy atom. The maximum absolute atomic E-state index is 12.2. The first-order valence-corrected chi connectivity index (χ1v) is 13.0. The Morgan fingerprint density at radius 2 is 1.16 bits per heavy atom. The van der Waals surface area contributed by atoms with Crippen LogP contribution in [0.2, 0.25) is 0 Å². The molecule has 0 fully saturated rings. The molecule has 0 aliphatic carbocycles. The highest BCUT2D eigenvalue weighted by atomic mass is 32.2. The van der Waals surface area contributed by atoms with Gasteiger partial charge in [-0.2, -0.15) is 16.8 Å². The van der Waals surface area contributed by atoms with Gasteiger partial charge in [0.25, 0.3) is 20.2 Å². The van der Waals surface area contributed by atoms with E-state index in [1.165, 1.54) is 18.2 Å². The number of hydrogen-bond acceptors (Lipinski definition) is 8. The Bertz CT molecular complexity index is 1740. The van der Waals surface area contributed by atoms with Gasteiger partial charge < -0.3 is 4.74 Å². The molecule has 0 aliphatic rings. The van der Waals surface area contributed by atoms with E-state index in [0.29, 0.717) is 6.07 Å². The minimum Gasteiger partial charge on any atom is -0.426 e. The number of esters is 1. The van der Waals surface area contributed by atoms with Crippen molar-refractivity contribution in [2.45, 2.75) is 21.6 Å². The van der Waals surface area contributed by atoms with Crippen molar-refractivity contribution in [3.05, 3.63) is 36.4 Å². The molecule has 0 bridgehead atoms. The number of primary sulfonamides is 1. The first-order chi connectivity index (χ1) is 14.6. The van der Waals surface area contributed by atoms with E-state index in [2.05, 4.69) is 0 Å². The third-order valence-electron chi connectivity index (χ3n) is 4.86. The second-order valence-corrected chi connectivity index (χ2v) is 11.2. The Kier molecular flexibility index (Phi) is 4.75. The number of rotatable bonds is 4. The molecule has 4 rings (SSSR count). The van der Waals surface area contributed by atoms with Crippen molar-refractivity contribution in [2.75, 3.05) is 0 Å². The average molecular weight is 500 g/mol. The van der Waals surface area contributed by atoms with Gasteiger partial charge in [-0.15, -0.1) is 0 Å². The minimum atomic E-state index is -4.95. The van der Waals surface area contributed by atoms with Crippen LogP contribution >= 0.6 is 0 Å². The summed E-state index contributed by atoms with van der Waals surface area (Å²) in [5.74, 6) is -1.09. The van der Waals surface area contributed by atoms with Crippen molar-refractivity contribution in [3.63, 3.8) is 0 Å². The van der Waals surface area contributed by atoms with Crippen molar-refractivity contribution >= 4 is 68.5 Å². The lowest BCUT2D eigenvalue weighted by atomic mass is 9.93. The van der Waals surface area contributed by atoms with Crippen molar-refractivity contribution in [1.29, 1.82) is 0 Å². The smallest absolute Gasteiger partial charge is 0.308 e. The predicted octanol–water partition coefficient (Wildman–Crippen LogP) is 1.65. The van der Waals surface area contributed by atoms with E-state index >= 15 is 0 Å². The Morgan fingerprint density at radius 1 is 0.750 bits per heavy atom. The highest BCUT2D eigenvalue weighted by Crippen LogP contribution is 2.44. The van der Waals surface area contributed by atoms with Crippen LogP contribution in [0.1, 0.15) is 6.92 Å². The van der Waals surface area contributed by atoms with Crippen molar-refractivity contribution in [1.82, 2.24) is 0 Å². The van der Waals surface area contributed by atoms with E-state index in [-0.39, 0.29) is 38.1 Å². The van der Waals surface area contributed by atoms with Crippen LogP contribution in [-0.2, 0) is 35.1 Å². The van der Waals surface area contributed by atoms with E-state index < -0.39 is 50.9 Å². The van der Waals surface area contributed by atoms with Gasteiger partial charge in [-0.3, -0.25) is 13.9 Å². The molecule has 0 atom stereocenters. The first kappa shape index (κ1) is 22.3. The molecule has 4 N–H and O–H groups in total. The molecule has 4 aromatic rings. The summed E-state index contributed by atoms with van der Waals surface area (Å²) in [5, 5.41) is 4.93. The normalized spacial score (nSPS) is 13.2. The van der Waals surface area contributed by atoms with Crippen molar-refractivity contribution in [2.24, 2.45) is 5.14 Å². The summed E-state index contributed by atoms with van der Waals surface area (Å²) < 4.78 is 97.0. The largest absolute Gasteiger partial charge is 0.426 e. The number of carbonyl (C=O) groups excluding carboxylic acids is 1. The lowest BCUT2D eigenvalue weighted by Crippen LogP contribution is -2.14. The number of benzene rings is 4. The maximum atomic E-state index is 12.2. The van der Waals surface area contributed by atoms with Crippen LogP contribution in [0.5, 0.6) is 5.75 Å². The van der Waals surface area contributed by atoms with Crippen LogP contribution in [0.3, 0.4) is 0 Å². The molecule has 168 valence electrons. The minimum absolute atomic E-state index is 0.0261. The number of ether oxygens (including phenoxy) is 1.